The van der Waals surface area contributed by atoms with Crippen LogP contribution < -0.4 is 5.73 Å². The van der Waals surface area contributed by atoms with E-state index in [-0.39, 0.29) is 18.6 Å². The van der Waals surface area contributed by atoms with Crippen LogP contribution in [0.2, 0.25) is 0 Å². The topological polar surface area (TPSA) is 66.6 Å². The van der Waals surface area contributed by atoms with E-state index in [0.29, 0.717) is 6.42 Å². The largest absolute Gasteiger partial charge is 0.394 e. The third-order valence-corrected chi connectivity index (χ3v) is 2.19. The number of likely N-dealkylation sites (N-methyl/N-ethyl adjacent to an activating group) is 1. The molecule has 0 saturated carbocycles. The highest BCUT2D eigenvalue weighted by molar-refractivity contribution is 5.81. The maximum Gasteiger partial charge on any atom is 0.239 e. The summed E-state index contributed by atoms with van der Waals surface area (Å²) in [5.74, 6) is -0.0941. The van der Waals surface area contributed by atoms with Crippen LogP contribution in [0, 0.1) is 0 Å². The van der Waals surface area contributed by atoms with Crippen molar-refractivity contribution in [2.45, 2.75) is 38.8 Å². The molecule has 1 unspecified atom stereocenters. The van der Waals surface area contributed by atoms with Crippen molar-refractivity contribution in [3.63, 3.8) is 0 Å². The number of rotatable bonds is 5. The second-order valence-electron chi connectivity index (χ2n) is 3.38. The van der Waals surface area contributed by atoms with Gasteiger partial charge in [0.1, 0.15) is 0 Å². The van der Waals surface area contributed by atoms with Gasteiger partial charge >= 0.3 is 0 Å². The molecule has 0 radical (unpaired) electrons. The molecule has 2 atom stereocenters. The summed E-state index contributed by atoms with van der Waals surface area (Å²) in [7, 11) is 1.67. The molecule has 0 saturated heterocycles. The minimum absolute atomic E-state index is 0.0267. The van der Waals surface area contributed by atoms with Crippen LogP contribution in [0.1, 0.15) is 26.7 Å². The monoisotopic (exact) mass is 188 g/mol. The molecule has 4 heteroatoms. The molecule has 0 fully saturated rings. The summed E-state index contributed by atoms with van der Waals surface area (Å²) in [6, 6.07) is -0.584. The molecule has 0 aromatic rings. The molecule has 0 aromatic heterocycles. The van der Waals surface area contributed by atoms with E-state index in [1.807, 2.05) is 6.92 Å². The lowest BCUT2D eigenvalue weighted by Gasteiger charge is -2.25. The van der Waals surface area contributed by atoms with E-state index >= 15 is 0 Å². The predicted octanol–water partition coefficient (Wildman–Crippen LogP) is -0.0470. The normalized spacial score (nSPS) is 15.2. The van der Waals surface area contributed by atoms with Crippen molar-refractivity contribution in [2.75, 3.05) is 13.7 Å². The number of nitrogens with two attached hydrogens (primary N) is 1. The van der Waals surface area contributed by atoms with Crippen molar-refractivity contribution in [1.29, 1.82) is 0 Å². The highest BCUT2D eigenvalue weighted by Crippen LogP contribution is 2.01. The first kappa shape index (κ1) is 12.4. The van der Waals surface area contributed by atoms with Crippen molar-refractivity contribution in [1.82, 2.24) is 4.90 Å². The van der Waals surface area contributed by atoms with E-state index in [0.717, 1.165) is 6.42 Å². The highest BCUT2D eigenvalue weighted by atomic mass is 16.3. The molecule has 0 aliphatic rings. The van der Waals surface area contributed by atoms with Crippen molar-refractivity contribution in [3.8, 4) is 0 Å². The quantitative estimate of drug-likeness (QED) is 0.636. The lowest BCUT2D eigenvalue weighted by atomic mass is 10.1. The van der Waals surface area contributed by atoms with Gasteiger partial charge in [0.15, 0.2) is 0 Å². The van der Waals surface area contributed by atoms with Crippen molar-refractivity contribution in [3.05, 3.63) is 0 Å². The highest BCUT2D eigenvalue weighted by Gasteiger charge is 2.20. The Labute approximate surface area is 79.7 Å². The van der Waals surface area contributed by atoms with Crippen molar-refractivity contribution in [2.24, 2.45) is 5.73 Å². The zero-order chi connectivity index (χ0) is 10.4. The first-order chi connectivity index (χ1) is 6.04. The summed E-state index contributed by atoms with van der Waals surface area (Å²) >= 11 is 0. The van der Waals surface area contributed by atoms with Gasteiger partial charge in [0, 0.05) is 7.05 Å². The molecule has 0 bridgehead atoms. The Bertz CT molecular complexity index is 162. The number of amides is 1. The molecular formula is C9H20N2O2. The lowest BCUT2D eigenvalue weighted by molar-refractivity contribution is -0.133. The third-order valence-electron chi connectivity index (χ3n) is 2.19. The van der Waals surface area contributed by atoms with Gasteiger partial charge in [-0.3, -0.25) is 4.79 Å². The summed E-state index contributed by atoms with van der Waals surface area (Å²) in [4.78, 5) is 13.0. The first-order valence-corrected chi connectivity index (χ1v) is 4.67. The number of carbonyl (C=O) groups excluding carboxylic acids is 1. The number of carbonyl (C=O) groups is 1. The van der Waals surface area contributed by atoms with Crippen molar-refractivity contribution < 1.29 is 9.90 Å². The molecule has 0 aromatic carbocycles. The van der Waals surface area contributed by atoms with E-state index in [4.69, 9.17) is 10.8 Å². The smallest absolute Gasteiger partial charge is 0.239 e. The number of aliphatic hydroxyl groups is 1. The van der Waals surface area contributed by atoms with E-state index in [1.54, 1.807) is 14.0 Å². The second-order valence-corrected chi connectivity index (χ2v) is 3.38. The fourth-order valence-electron chi connectivity index (χ4n) is 1.04. The van der Waals surface area contributed by atoms with Gasteiger partial charge < -0.3 is 15.7 Å². The molecule has 4 nitrogen and oxygen atoms in total. The molecule has 78 valence electrons. The summed E-state index contributed by atoms with van der Waals surface area (Å²) in [6.45, 7) is 3.75. The second kappa shape index (κ2) is 5.94. The molecular weight excluding hydrogens is 168 g/mol. The van der Waals surface area contributed by atoms with Crippen LogP contribution in [0.5, 0.6) is 0 Å². The average molecular weight is 188 g/mol. The van der Waals surface area contributed by atoms with Crippen LogP contribution in [0.3, 0.4) is 0 Å². The van der Waals surface area contributed by atoms with Gasteiger partial charge in [-0.25, -0.2) is 0 Å². The van der Waals surface area contributed by atoms with Gasteiger partial charge in [-0.1, -0.05) is 13.3 Å². The molecule has 0 spiro atoms. The van der Waals surface area contributed by atoms with Gasteiger partial charge in [0.2, 0.25) is 5.91 Å². The summed E-state index contributed by atoms with van der Waals surface area (Å²) in [6.07, 6.45) is 1.59. The van der Waals surface area contributed by atoms with Crippen LogP contribution in [-0.2, 0) is 4.79 Å². The number of hydrogen-bond donors (Lipinski definition) is 2. The molecule has 1 amide bonds. The van der Waals surface area contributed by atoms with Gasteiger partial charge in [-0.05, 0) is 13.3 Å². The van der Waals surface area contributed by atoms with E-state index < -0.39 is 6.04 Å². The molecule has 3 N–H and O–H groups in total. The number of hydrogen-bond acceptors (Lipinski definition) is 3. The van der Waals surface area contributed by atoms with Crippen LogP contribution in [0.25, 0.3) is 0 Å². The first-order valence-electron chi connectivity index (χ1n) is 4.67. The van der Waals surface area contributed by atoms with Gasteiger partial charge in [-0.2, -0.15) is 0 Å². The van der Waals surface area contributed by atoms with Crippen LogP contribution in [0.4, 0.5) is 0 Å². The Kier molecular flexibility index (Phi) is 5.66. The fraction of sp³-hybridized carbons (Fsp3) is 0.889. The molecule has 0 heterocycles. The van der Waals surface area contributed by atoms with Gasteiger partial charge in [0.05, 0.1) is 18.7 Å². The lowest BCUT2D eigenvalue weighted by Crippen LogP contribution is -2.46. The van der Waals surface area contributed by atoms with Gasteiger partial charge in [-0.15, -0.1) is 0 Å². The standard InChI is InChI=1S/C9H20N2O2/c1-4-5-8(10)9(13)11(3)7(2)6-12/h7-8,12H,4-6,10H2,1-3H3/t7?,8-/m1/s1. The Balaban J connectivity index is 4.08. The average Bonchev–Trinajstić information content (AvgIpc) is 2.14. The predicted molar refractivity (Wildman–Crippen MR) is 52.2 cm³/mol. The van der Waals surface area contributed by atoms with Gasteiger partial charge in [0.25, 0.3) is 0 Å². The number of aliphatic hydroxyl groups excluding tert-OH is 1. The Morgan fingerprint density at radius 1 is 1.62 bits per heavy atom. The van der Waals surface area contributed by atoms with E-state index in [2.05, 4.69) is 0 Å². The third kappa shape index (κ3) is 3.74. The van der Waals surface area contributed by atoms with E-state index in [9.17, 15) is 4.79 Å². The minimum atomic E-state index is -0.427. The zero-order valence-corrected chi connectivity index (χ0v) is 8.66. The summed E-state index contributed by atoms with van der Waals surface area (Å²) < 4.78 is 0. The number of nitrogens with zero attached hydrogens (tertiary/aromatic N) is 1. The molecule has 13 heavy (non-hydrogen) atoms. The Morgan fingerprint density at radius 3 is 2.54 bits per heavy atom. The van der Waals surface area contributed by atoms with E-state index in [1.165, 1.54) is 4.90 Å². The zero-order valence-electron chi connectivity index (χ0n) is 8.66. The van der Waals surface area contributed by atoms with Crippen LogP contribution in [-0.4, -0.2) is 41.7 Å². The molecule has 0 aliphatic heterocycles. The summed E-state index contributed by atoms with van der Waals surface area (Å²) in [5, 5.41) is 8.83. The molecule has 0 aliphatic carbocycles. The van der Waals surface area contributed by atoms with Crippen LogP contribution >= 0.6 is 0 Å². The van der Waals surface area contributed by atoms with Crippen LogP contribution in [0.15, 0.2) is 0 Å². The molecule has 0 rings (SSSR count). The Morgan fingerprint density at radius 2 is 2.15 bits per heavy atom. The van der Waals surface area contributed by atoms with Crippen molar-refractivity contribution >= 4 is 5.91 Å². The maximum absolute atomic E-state index is 11.5. The summed E-state index contributed by atoms with van der Waals surface area (Å²) in [5.41, 5.74) is 5.65. The minimum Gasteiger partial charge on any atom is -0.394 e. The maximum atomic E-state index is 11.5. The fourth-order valence-corrected chi connectivity index (χ4v) is 1.04. The Hall–Kier alpha value is -0.610. The SMILES string of the molecule is CCC[C@@H](N)C(=O)N(C)C(C)CO.